The lowest BCUT2D eigenvalue weighted by Gasteiger charge is -2.09. The van der Waals surface area contributed by atoms with Crippen LogP contribution in [-0.4, -0.2) is 10.9 Å². The van der Waals surface area contributed by atoms with Crippen molar-refractivity contribution in [1.29, 1.82) is 0 Å². The maximum atomic E-state index is 13.1. The smallest absolute Gasteiger partial charge is 0.256 e. The van der Waals surface area contributed by atoms with Gasteiger partial charge in [0.05, 0.1) is 11.8 Å². The zero-order valence-corrected chi connectivity index (χ0v) is 16.2. The lowest BCUT2D eigenvalue weighted by molar-refractivity contribution is 0.102. The highest BCUT2D eigenvalue weighted by molar-refractivity contribution is 6.31. The first kappa shape index (κ1) is 18.9. The van der Waals surface area contributed by atoms with E-state index >= 15 is 0 Å². The van der Waals surface area contributed by atoms with Crippen molar-refractivity contribution in [2.45, 2.75) is 6.92 Å². The summed E-state index contributed by atoms with van der Waals surface area (Å²) >= 11 is 6.14. The molecule has 0 atom stereocenters. The molecule has 4 rings (SSSR count). The zero-order valence-electron chi connectivity index (χ0n) is 15.4. The summed E-state index contributed by atoms with van der Waals surface area (Å²) in [6, 6.07) is 18.3. The Morgan fingerprint density at radius 3 is 2.59 bits per heavy atom. The van der Waals surface area contributed by atoms with Gasteiger partial charge in [0, 0.05) is 21.8 Å². The number of aryl methyl sites for hydroxylation is 1. The first-order valence-electron chi connectivity index (χ1n) is 8.90. The van der Waals surface area contributed by atoms with Crippen LogP contribution >= 0.6 is 11.6 Å². The molecule has 3 aromatic carbocycles. The lowest BCUT2D eigenvalue weighted by atomic mass is 10.1. The van der Waals surface area contributed by atoms with E-state index < -0.39 is 0 Å². The molecule has 4 aromatic rings. The fourth-order valence-electron chi connectivity index (χ4n) is 2.88. The van der Waals surface area contributed by atoms with Crippen LogP contribution in [-0.2, 0) is 0 Å². The number of oxazole rings is 1. The first-order valence-corrected chi connectivity index (χ1v) is 9.28. The number of halogens is 2. The molecule has 0 spiro atoms. The van der Waals surface area contributed by atoms with Crippen LogP contribution in [0.1, 0.15) is 15.9 Å². The number of carbonyl (C=O) groups excluding carboxylic acids is 1. The van der Waals surface area contributed by atoms with Crippen LogP contribution in [0.25, 0.3) is 22.8 Å². The fourth-order valence-corrected chi connectivity index (χ4v) is 3.06. The van der Waals surface area contributed by atoms with Gasteiger partial charge < -0.3 is 9.73 Å². The standard InChI is InChI=1S/C23H16ClFN2O2/c1-14-6-11-17(12-20(14)24)27-22(28)18-4-2-3-5-19(18)23-26-13-21(29-23)15-7-9-16(25)10-8-15/h2-13H,1H3,(H,27,28). The van der Waals surface area contributed by atoms with Crippen molar-refractivity contribution in [3.63, 3.8) is 0 Å². The highest BCUT2D eigenvalue weighted by Gasteiger charge is 2.17. The van der Waals surface area contributed by atoms with Gasteiger partial charge in [0.1, 0.15) is 5.82 Å². The Balaban J connectivity index is 1.64. The van der Waals surface area contributed by atoms with E-state index in [1.54, 1.807) is 54.7 Å². The van der Waals surface area contributed by atoms with Crippen molar-refractivity contribution < 1.29 is 13.6 Å². The van der Waals surface area contributed by atoms with Crippen LogP contribution in [0, 0.1) is 12.7 Å². The third kappa shape index (κ3) is 4.05. The van der Waals surface area contributed by atoms with Crippen LogP contribution in [0.15, 0.2) is 77.3 Å². The van der Waals surface area contributed by atoms with Crippen molar-refractivity contribution >= 4 is 23.2 Å². The predicted molar refractivity (Wildman–Crippen MR) is 111 cm³/mol. The third-order valence-corrected chi connectivity index (χ3v) is 4.87. The van der Waals surface area contributed by atoms with Gasteiger partial charge in [-0.2, -0.15) is 0 Å². The molecule has 1 aromatic heterocycles. The molecule has 0 radical (unpaired) electrons. The van der Waals surface area contributed by atoms with Gasteiger partial charge >= 0.3 is 0 Å². The minimum absolute atomic E-state index is 0.303. The maximum Gasteiger partial charge on any atom is 0.256 e. The number of aromatic nitrogens is 1. The molecule has 0 unspecified atom stereocenters. The molecule has 0 aliphatic rings. The SMILES string of the molecule is Cc1ccc(NC(=O)c2ccccc2-c2ncc(-c3ccc(F)cc3)o2)cc1Cl. The van der Waals surface area contributed by atoms with Gasteiger partial charge in [0.15, 0.2) is 5.76 Å². The molecule has 0 aliphatic heterocycles. The van der Waals surface area contributed by atoms with E-state index in [-0.39, 0.29) is 11.7 Å². The van der Waals surface area contributed by atoms with Crippen molar-refractivity contribution in [3.8, 4) is 22.8 Å². The second kappa shape index (κ2) is 7.89. The minimum Gasteiger partial charge on any atom is -0.436 e. The quantitative estimate of drug-likeness (QED) is 0.429. The molecule has 0 saturated carbocycles. The van der Waals surface area contributed by atoms with Gasteiger partial charge in [-0.05, 0) is 61.0 Å². The maximum absolute atomic E-state index is 13.1. The summed E-state index contributed by atoms with van der Waals surface area (Å²) in [6.07, 6.45) is 1.55. The van der Waals surface area contributed by atoms with Gasteiger partial charge in [-0.3, -0.25) is 4.79 Å². The zero-order chi connectivity index (χ0) is 20.4. The van der Waals surface area contributed by atoms with E-state index in [1.807, 2.05) is 13.0 Å². The van der Waals surface area contributed by atoms with Gasteiger partial charge in [-0.1, -0.05) is 29.8 Å². The molecule has 0 aliphatic carbocycles. The van der Waals surface area contributed by atoms with Gasteiger partial charge in [-0.25, -0.2) is 9.37 Å². The Labute approximate surface area is 172 Å². The molecular formula is C23H16ClFN2O2. The van der Waals surface area contributed by atoms with Crippen molar-refractivity contribution in [2.24, 2.45) is 0 Å². The number of hydrogen-bond acceptors (Lipinski definition) is 3. The van der Waals surface area contributed by atoms with E-state index in [0.29, 0.717) is 39.1 Å². The summed E-state index contributed by atoms with van der Waals surface area (Å²) in [6.45, 7) is 1.89. The van der Waals surface area contributed by atoms with E-state index in [4.69, 9.17) is 16.0 Å². The molecule has 6 heteroatoms. The number of carbonyl (C=O) groups is 1. The number of rotatable bonds is 4. The van der Waals surface area contributed by atoms with E-state index in [9.17, 15) is 9.18 Å². The Hall–Kier alpha value is -3.44. The normalized spacial score (nSPS) is 10.7. The number of nitrogens with one attached hydrogen (secondary N) is 1. The average Bonchev–Trinajstić information content (AvgIpc) is 3.21. The third-order valence-electron chi connectivity index (χ3n) is 4.47. The van der Waals surface area contributed by atoms with Crippen molar-refractivity contribution in [1.82, 2.24) is 4.98 Å². The number of nitrogens with zero attached hydrogens (tertiary/aromatic N) is 1. The molecule has 144 valence electrons. The molecule has 0 saturated heterocycles. The van der Waals surface area contributed by atoms with E-state index in [0.717, 1.165) is 5.56 Å². The Kier molecular flexibility index (Phi) is 5.14. The molecule has 0 fully saturated rings. The summed E-state index contributed by atoms with van der Waals surface area (Å²) in [5.41, 5.74) is 3.19. The fraction of sp³-hybridized carbons (Fsp3) is 0.0435. The van der Waals surface area contributed by atoms with Crippen LogP contribution in [0.4, 0.5) is 10.1 Å². The van der Waals surface area contributed by atoms with Crippen LogP contribution in [0.3, 0.4) is 0 Å². The largest absolute Gasteiger partial charge is 0.436 e. The molecular weight excluding hydrogens is 391 g/mol. The Bertz CT molecular complexity index is 1190. The molecule has 1 heterocycles. The lowest BCUT2D eigenvalue weighted by Crippen LogP contribution is -2.13. The molecule has 1 amide bonds. The monoisotopic (exact) mass is 406 g/mol. The summed E-state index contributed by atoms with van der Waals surface area (Å²) in [4.78, 5) is 17.2. The van der Waals surface area contributed by atoms with Gasteiger partial charge in [-0.15, -0.1) is 0 Å². The predicted octanol–water partition coefficient (Wildman–Crippen LogP) is 6.36. The average molecular weight is 407 g/mol. The van der Waals surface area contributed by atoms with Gasteiger partial charge in [0.2, 0.25) is 5.89 Å². The summed E-state index contributed by atoms with van der Waals surface area (Å²) in [7, 11) is 0. The second-order valence-corrected chi connectivity index (χ2v) is 6.91. The van der Waals surface area contributed by atoms with Crippen molar-refractivity contribution in [2.75, 3.05) is 5.32 Å². The Morgan fingerprint density at radius 2 is 1.83 bits per heavy atom. The second-order valence-electron chi connectivity index (χ2n) is 6.50. The molecule has 0 bridgehead atoms. The minimum atomic E-state index is -0.327. The number of anilines is 1. The topological polar surface area (TPSA) is 55.1 Å². The summed E-state index contributed by atoms with van der Waals surface area (Å²) in [5.74, 6) is 0.159. The summed E-state index contributed by atoms with van der Waals surface area (Å²) < 4.78 is 19.0. The highest BCUT2D eigenvalue weighted by atomic mass is 35.5. The van der Waals surface area contributed by atoms with E-state index in [1.165, 1.54) is 12.1 Å². The van der Waals surface area contributed by atoms with Gasteiger partial charge in [0.25, 0.3) is 5.91 Å². The number of hydrogen-bond donors (Lipinski definition) is 1. The van der Waals surface area contributed by atoms with Crippen LogP contribution < -0.4 is 5.32 Å². The Morgan fingerprint density at radius 1 is 1.07 bits per heavy atom. The molecule has 4 nitrogen and oxygen atoms in total. The highest BCUT2D eigenvalue weighted by Crippen LogP contribution is 2.29. The van der Waals surface area contributed by atoms with Crippen molar-refractivity contribution in [3.05, 3.63) is 94.9 Å². The summed E-state index contributed by atoms with van der Waals surface area (Å²) in [5, 5.41) is 3.42. The van der Waals surface area contributed by atoms with E-state index in [2.05, 4.69) is 10.3 Å². The molecule has 1 N–H and O–H groups in total. The number of amides is 1. The molecule has 29 heavy (non-hydrogen) atoms. The van der Waals surface area contributed by atoms with Crippen LogP contribution in [0.2, 0.25) is 5.02 Å². The number of benzene rings is 3. The van der Waals surface area contributed by atoms with Crippen LogP contribution in [0.5, 0.6) is 0 Å². The first-order chi connectivity index (χ1) is 14.0.